The van der Waals surface area contributed by atoms with E-state index in [1.54, 1.807) is 6.07 Å². The largest absolute Gasteiger partial charge is 0.326 e. The molecule has 0 aliphatic carbocycles. The van der Waals surface area contributed by atoms with E-state index in [0.717, 1.165) is 20.6 Å². The lowest BCUT2D eigenvalue weighted by molar-refractivity contribution is -0.885. The van der Waals surface area contributed by atoms with Crippen molar-refractivity contribution in [3.05, 3.63) is 64.4 Å². The van der Waals surface area contributed by atoms with Crippen molar-refractivity contribution < 1.29 is 14.1 Å². The lowest BCUT2D eigenvalue weighted by atomic mass is 10.2. The Morgan fingerprint density at radius 1 is 1.24 bits per heavy atom. The van der Waals surface area contributed by atoms with Gasteiger partial charge in [-0.15, -0.1) is 0 Å². The molecular weight excluding hydrogens is 335 g/mol. The van der Waals surface area contributed by atoms with Crippen LogP contribution in [-0.2, 0) is 11.3 Å². The Labute approximate surface area is 131 Å². The zero-order valence-electron chi connectivity index (χ0n) is 11.7. The number of amides is 1. The van der Waals surface area contributed by atoms with Crippen molar-refractivity contribution in [3.63, 3.8) is 0 Å². The zero-order chi connectivity index (χ0) is 15.2. The number of halogens is 2. The highest BCUT2D eigenvalue weighted by molar-refractivity contribution is 9.10. The smallest absolute Gasteiger partial charge is 0.279 e. The summed E-state index contributed by atoms with van der Waals surface area (Å²) in [7, 11) is 1.91. The molecule has 1 amide bonds. The van der Waals surface area contributed by atoms with Gasteiger partial charge < -0.3 is 10.2 Å². The Bertz CT molecular complexity index is 616. The van der Waals surface area contributed by atoms with E-state index in [1.807, 2.05) is 37.4 Å². The highest BCUT2D eigenvalue weighted by Crippen LogP contribution is 2.13. The second kappa shape index (κ2) is 7.33. The molecule has 0 radical (unpaired) electrons. The van der Waals surface area contributed by atoms with Gasteiger partial charge in [-0.3, -0.25) is 4.79 Å². The van der Waals surface area contributed by atoms with Crippen LogP contribution in [0.5, 0.6) is 0 Å². The van der Waals surface area contributed by atoms with E-state index in [1.165, 1.54) is 12.1 Å². The fourth-order valence-corrected chi connectivity index (χ4v) is 2.33. The van der Waals surface area contributed by atoms with Crippen molar-refractivity contribution >= 4 is 27.5 Å². The van der Waals surface area contributed by atoms with E-state index in [9.17, 15) is 9.18 Å². The summed E-state index contributed by atoms with van der Waals surface area (Å²) in [4.78, 5) is 12.9. The van der Waals surface area contributed by atoms with Crippen LogP contribution in [0.4, 0.5) is 10.1 Å². The lowest BCUT2D eigenvalue weighted by Crippen LogP contribution is -3.08. The number of hydrogen-bond donors (Lipinski definition) is 2. The summed E-state index contributed by atoms with van der Waals surface area (Å²) in [6.45, 7) is 0.929. The fraction of sp³-hybridized carbons (Fsp3) is 0.188. The van der Waals surface area contributed by atoms with E-state index >= 15 is 0 Å². The van der Waals surface area contributed by atoms with Gasteiger partial charge in [0.1, 0.15) is 12.4 Å². The normalized spacial score (nSPS) is 12.0. The van der Waals surface area contributed by atoms with Crippen LogP contribution in [-0.4, -0.2) is 19.5 Å². The molecule has 3 nitrogen and oxygen atoms in total. The standard InChI is InChI=1S/C16H16BrFN2O/c1-20(10-12-3-2-4-14(18)9-12)11-16(21)19-15-7-5-13(17)6-8-15/h2-9H,10-11H2,1H3,(H,19,21)/p+1. The van der Waals surface area contributed by atoms with Gasteiger partial charge in [-0.2, -0.15) is 0 Å². The Kier molecular flexibility index (Phi) is 5.47. The Balaban J connectivity index is 1.86. The molecule has 0 aliphatic rings. The van der Waals surface area contributed by atoms with Crippen LogP contribution in [0, 0.1) is 5.82 Å². The molecule has 2 aromatic rings. The number of carbonyl (C=O) groups is 1. The predicted molar refractivity (Wildman–Crippen MR) is 84.6 cm³/mol. The van der Waals surface area contributed by atoms with Gasteiger partial charge in [0.05, 0.1) is 7.05 Å². The molecule has 1 unspecified atom stereocenters. The molecule has 2 rings (SSSR count). The number of benzene rings is 2. The number of quaternary nitrogens is 1. The number of likely N-dealkylation sites (N-methyl/N-ethyl adjacent to an activating group) is 1. The molecule has 0 saturated carbocycles. The maximum atomic E-state index is 13.1. The minimum atomic E-state index is -0.250. The molecule has 2 N–H and O–H groups in total. The van der Waals surface area contributed by atoms with Gasteiger partial charge in [-0.1, -0.05) is 28.1 Å². The fourth-order valence-electron chi connectivity index (χ4n) is 2.07. The number of hydrogen-bond acceptors (Lipinski definition) is 1. The third-order valence-electron chi connectivity index (χ3n) is 2.99. The highest BCUT2D eigenvalue weighted by Gasteiger charge is 2.11. The van der Waals surface area contributed by atoms with Crippen molar-refractivity contribution in [1.82, 2.24) is 0 Å². The molecule has 5 heteroatoms. The number of anilines is 1. The first-order chi connectivity index (χ1) is 10.0. The minimum absolute atomic E-state index is 0.0637. The molecule has 0 spiro atoms. The van der Waals surface area contributed by atoms with Gasteiger partial charge in [0.2, 0.25) is 0 Å². The SMILES string of the molecule is C[NH+](CC(=O)Nc1ccc(Br)cc1)Cc1cccc(F)c1. The van der Waals surface area contributed by atoms with E-state index < -0.39 is 0 Å². The van der Waals surface area contributed by atoms with E-state index in [-0.39, 0.29) is 11.7 Å². The summed E-state index contributed by atoms with van der Waals surface area (Å²) in [5.74, 6) is -0.314. The van der Waals surface area contributed by atoms with Crippen molar-refractivity contribution in [2.75, 3.05) is 18.9 Å². The first-order valence-corrected chi connectivity index (χ1v) is 7.43. The maximum Gasteiger partial charge on any atom is 0.279 e. The molecule has 0 aromatic heterocycles. The van der Waals surface area contributed by atoms with Crippen LogP contribution in [0.25, 0.3) is 0 Å². The minimum Gasteiger partial charge on any atom is -0.326 e. The van der Waals surface area contributed by atoms with Crippen molar-refractivity contribution in [3.8, 4) is 0 Å². The molecule has 110 valence electrons. The Morgan fingerprint density at radius 2 is 1.95 bits per heavy atom. The third-order valence-corrected chi connectivity index (χ3v) is 3.51. The average molecular weight is 352 g/mol. The first-order valence-electron chi connectivity index (χ1n) is 6.64. The van der Waals surface area contributed by atoms with Crippen LogP contribution in [0.15, 0.2) is 53.0 Å². The summed E-state index contributed by atoms with van der Waals surface area (Å²) in [5, 5.41) is 2.84. The van der Waals surface area contributed by atoms with Crippen LogP contribution in [0.2, 0.25) is 0 Å². The molecule has 1 atom stereocenters. The van der Waals surface area contributed by atoms with Crippen LogP contribution < -0.4 is 10.2 Å². The highest BCUT2D eigenvalue weighted by atomic mass is 79.9. The topological polar surface area (TPSA) is 33.5 Å². The first kappa shape index (κ1) is 15.7. The molecule has 0 bridgehead atoms. The third kappa shape index (κ3) is 5.28. The quantitative estimate of drug-likeness (QED) is 0.850. The monoisotopic (exact) mass is 351 g/mol. The Hall–Kier alpha value is -1.72. The van der Waals surface area contributed by atoms with Crippen molar-refractivity contribution in [1.29, 1.82) is 0 Å². The molecule has 0 saturated heterocycles. The van der Waals surface area contributed by atoms with Gasteiger partial charge in [-0.05, 0) is 36.4 Å². The average Bonchev–Trinajstić information content (AvgIpc) is 2.41. The van der Waals surface area contributed by atoms with E-state index in [2.05, 4.69) is 21.2 Å². The van der Waals surface area contributed by atoms with Gasteiger partial charge in [-0.25, -0.2) is 4.39 Å². The molecule has 0 fully saturated rings. The maximum absolute atomic E-state index is 13.1. The van der Waals surface area contributed by atoms with E-state index in [4.69, 9.17) is 0 Å². The van der Waals surface area contributed by atoms with Crippen LogP contribution in [0.1, 0.15) is 5.56 Å². The molecule has 0 aliphatic heterocycles. The second-order valence-electron chi connectivity index (χ2n) is 5.00. The van der Waals surface area contributed by atoms with Gasteiger partial charge >= 0.3 is 0 Å². The van der Waals surface area contributed by atoms with Crippen molar-refractivity contribution in [2.45, 2.75) is 6.54 Å². The summed E-state index contributed by atoms with van der Waals surface area (Å²) in [5.41, 5.74) is 1.64. The van der Waals surface area contributed by atoms with Crippen molar-refractivity contribution in [2.24, 2.45) is 0 Å². The molecular formula is C16H17BrFN2O+. The number of rotatable bonds is 5. The lowest BCUT2D eigenvalue weighted by Gasteiger charge is -2.14. The van der Waals surface area contributed by atoms with Gasteiger partial charge in [0.25, 0.3) is 5.91 Å². The van der Waals surface area contributed by atoms with Gasteiger partial charge in [0.15, 0.2) is 6.54 Å². The number of nitrogens with one attached hydrogen (secondary N) is 2. The Morgan fingerprint density at radius 3 is 2.62 bits per heavy atom. The van der Waals surface area contributed by atoms with E-state index in [0.29, 0.717) is 13.1 Å². The number of carbonyl (C=O) groups excluding carboxylic acids is 1. The molecule has 21 heavy (non-hydrogen) atoms. The molecule has 2 aromatic carbocycles. The summed E-state index contributed by atoms with van der Waals surface area (Å²) >= 11 is 3.35. The van der Waals surface area contributed by atoms with Crippen LogP contribution >= 0.6 is 15.9 Å². The zero-order valence-corrected chi connectivity index (χ0v) is 13.3. The second-order valence-corrected chi connectivity index (χ2v) is 5.91. The summed E-state index contributed by atoms with van der Waals surface area (Å²) in [6.07, 6.45) is 0. The summed E-state index contributed by atoms with van der Waals surface area (Å²) < 4.78 is 14.1. The predicted octanol–water partition coefficient (Wildman–Crippen LogP) is 2.24. The molecule has 0 heterocycles. The van der Waals surface area contributed by atoms with Gasteiger partial charge in [0, 0.05) is 15.7 Å². The van der Waals surface area contributed by atoms with Crippen LogP contribution in [0.3, 0.4) is 0 Å². The summed E-state index contributed by atoms with van der Waals surface area (Å²) in [6, 6.07) is 13.9.